The number of hydrogen-bond donors (Lipinski definition) is 2. The van der Waals surface area contributed by atoms with E-state index in [0.29, 0.717) is 18.4 Å². The molecule has 0 radical (unpaired) electrons. The van der Waals surface area contributed by atoms with E-state index in [9.17, 15) is 4.79 Å². The van der Waals surface area contributed by atoms with Gasteiger partial charge in [-0.05, 0) is 62.6 Å². The molecular formula is C32H40N4O2. The van der Waals surface area contributed by atoms with Crippen LogP contribution in [0.1, 0.15) is 51.5 Å². The molecule has 38 heavy (non-hydrogen) atoms. The number of benzene rings is 2. The number of anilines is 1. The number of ether oxygens (including phenoxy) is 1. The Kier molecular flexibility index (Phi) is 8.22. The quantitative estimate of drug-likeness (QED) is 0.416. The highest BCUT2D eigenvalue weighted by Crippen LogP contribution is 2.34. The second-order valence-corrected chi connectivity index (χ2v) is 11.4. The summed E-state index contributed by atoms with van der Waals surface area (Å²) in [4.78, 5) is 20.4. The lowest BCUT2D eigenvalue weighted by molar-refractivity contribution is -0.117. The van der Waals surface area contributed by atoms with Gasteiger partial charge in [-0.2, -0.15) is 0 Å². The smallest absolute Gasteiger partial charge is 0.224 e. The summed E-state index contributed by atoms with van der Waals surface area (Å²) in [6, 6.07) is 21.2. The molecule has 2 heterocycles. The highest BCUT2D eigenvalue weighted by Gasteiger charge is 2.28. The first kappa shape index (κ1) is 26.5. The Hall–Kier alpha value is -3.06. The summed E-state index contributed by atoms with van der Waals surface area (Å²) in [5.74, 6) is 0.515. The van der Waals surface area contributed by atoms with Gasteiger partial charge in [-0.3, -0.25) is 14.7 Å². The predicted molar refractivity (Wildman–Crippen MR) is 154 cm³/mol. The zero-order valence-electron chi connectivity index (χ0n) is 22.7. The molecule has 6 heteroatoms. The predicted octanol–water partition coefficient (Wildman–Crippen LogP) is 5.83. The third-order valence-electron chi connectivity index (χ3n) is 8.01. The van der Waals surface area contributed by atoms with Gasteiger partial charge in [0.2, 0.25) is 5.91 Å². The highest BCUT2D eigenvalue weighted by atomic mass is 16.5. The van der Waals surface area contributed by atoms with Crippen molar-refractivity contribution in [3.05, 3.63) is 72.4 Å². The standard InChI is InChI=1S/C32H40N4O2/c1-32(2,33)26-12-10-25(11-13-26)31-29(24-6-4-3-5-7-24)21-27(22-34-31)35-30(37)20-23-8-14-28(15-9-23)36-16-18-38-19-17-36/h3-7,10-13,21-23,28H,8-9,14-20,33H2,1-2H3,(H,35,37). The molecule has 1 amide bonds. The molecule has 0 bridgehead atoms. The molecule has 200 valence electrons. The van der Waals surface area contributed by atoms with E-state index in [1.807, 2.05) is 38.1 Å². The van der Waals surface area contributed by atoms with Gasteiger partial charge in [0.25, 0.3) is 0 Å². The number of rotatable bonds is 7. The topological polar surface area (TPSA) is 80.5 Å². The van der Waals surface area contributed by atoms with E-state index in [0.717, 1.165) is 72.8 Å². The number of amides is 1. The van der Waals surface area contributed by atoms with E-state index in [1.54, 1.807) is 6.20 Å². The molecule has 2 aliphatic rings. The van der Waals surface area contributed by atoms with Crippen LogP contribution in [-0.2, 0) is 15.1 Å². The third-order valence-corrected chi connectivity index (χ3v) is 8.01. The average molecular weight is 513 g/mol. The van der Waals surface area contributed by atoms with E-state index in [4.69, 9.17) is 15.5 Å². The number of nitrogens with one attached hydrogen (secondary N) is 1. The second-order valence-electron chi connectivity index (χ2n) is 11.4. The van der Waals surface area contributed by atoms with Gasteiger partial charge in [0.15, 0.2) is 0 Å². The molecule has 1 aliphatic carbocycles. The molecule has 1 saturated heterocycles. The molecule has 2 fully saturated rings. The van der Waals surface area contributed by atoms with Crippen LogP contribution in [-0.4, -0.2) is 48.1 Å². The monoisotopic (exact) mass is 512 g/mol. The first-order chi connectivity index (χ1) is 18.4. The molecule has 2 aromatic carbocycles. The minimum atomic E-state index is -0.399. The van der Waals surface area contributed by atoms with Crippen LogP contribution in [0.4, 0.5) is 5.69 Å². The van der Waals surface area contributed by atoms with Crippen molar-refractivity contribution >= 4 is 11.6 Å². The van der Waals surface area contributed by atoms with E-state index < -0.39 is 5.54 Å². The lowest BCUT2D eigenvalue weighted by Crippen LogP contribution is -2.45. The number of nitrogens with two attached hydrogens (primary N) is 1. The van der Waals surface area contributed by atoms with Crippen LogP contribution >= 0.6 is 0 Å². The minimum absolute atomic E-state index is 0.0721. The number of pyridine rings is 1. The van der Waals surface area contributed by atoms with E-state index >= 15 is 0 Å². The summed E-state index contributed by atoms with van der Waals surface area (Å²) in [6.07, 6.45) is 6.90. The lowest BCUT2D eigenvalue weighted by atomic mass is 9.83. The fourth-order valence-electron chi connectivity index (χ4n) is 5.79. The molecule has 0 atom stereocenters. The molecule has 3 aromatic rings. The third kappa shape index (κ3) is 6.49. The molecule has 3 N–H and O–H groups in total. The molecular weight excluding hydrogens is 472 g/mol. The number of aromatic nitrogens is 1. The zero-order valence-corrected chi connectivity index (χ0v) is 22.7. The van der Waals surface area contributed by atoms with Crippen LogP contribution in [0.5, 0.6) is 0 Å². The van der Waals surface area contributed by atoms with Crippen molar-refractivity contribution in [1.82, 2.24) is 9.88 Å². The summed E-state index contributed by atoms with van der Waals surface area (Å²) < 4.78 is 5.50. The van der Waals surface area contributed by atoms with Crippen molar-refractivity contribution < 1.29 is 9.53 Å². The Balaban J connectivity index is 1.27. The maximum Gasteiger partial charge on any atom is 0.224 e. The second kappa shape index (κ2) is 11.8. The van der Waals surface area contributed by atoms with Gasteiger partial charge in [-0.1, -0.05) is 54.6 Å². The Morgan fingerprint density at radius 3 is 2.34 bits per heavy atom. The Morgan fingerprint density at radius 1 is 1.00 bits per heavy atom. The first-order valence-corrected chi connectivity index (χ1v) is 13.9. The maximum absolute atomic E-state index is 13.0. The van der Waals surface area contributed by atoms with E-state index in [-0.39, 0.29) is 5.91 Å². The number of hydrogen-bond acceptors (Lipinski definition) is 5. The zero-order chi connectivity index (χ0) is 26.5. The number of nitrogens with zero attached hydrogens (tertiary/aromatic N) is 2. The largest absolute Gasteiger partial charge is 0.379 e. The molecule has 0 spiro atoms. The van der Waals surface area contributed by atoms with Gasteiger partial charge < -0.3 is 15.8 Å². The van der Waals surface area contributed by atoms with Crippen molar-refractivity contribution in [3.63, 3.8) is 0 Å². The normalized spacial score (nSPS) is 20.7. The Labute approximate surface area is 226 Å². The fraction of sp³-hybridized carbons (Fsp3) is 0.438. The summed E-state index contributed by atoms with van der Waals surface area (Å²) in [6.45, 7) is 7.77. The Morgan fingerprint density at radius 2 is 1.68 bits per heavy atom. The number of carbonyl (C=O) groups excluding carboxylic acids is 1. The van der Waals surface area contributed by atoms with Gasteiger partial charge in [0.05, 0.1) is 30.8 Å². The van der Waals surface area contributed by atoms with Crippen LogP contribution in [0.3, 0.4) is 0 Å². The van der Waals surface area contributed by atoms with Crippen LogP contribution in [0, 0.1) is 5.92 Å². The number of morpholine rings is 1. The van der Waals surface area contributed by atoms with Gasteiger partial charge in [-0.25, -0.2) is 0 Å². The van der Waals surface area contributed by atoms with Gasteiger partial charge in [0.1, 0.15) is 0 Å². The molecule has 6 nitrogen and oxygen atoms in total. The summed E-state index contributed by atoms with van der Waals surface area (Å²) in [7, 11) is 0. The fourth-order valence-corrected chi connectivity index (χ4v) is 5.79. The maximum atomic E-state index is 13.0. The molecule has 5 rings (SSSR count). The molecule has 1 aliphatic heterocycles. The van der Waals surface area contributed by atoms with Crippen molar-refractivity contribution in [1.29, 1.82) is 0 Å². The Bertz CT molecular complexity index is 1210. The van der Waals surface area contributed by atoms with Crippen LogP contribution in [0.15, 0.2) is 66.9 Å². The molecule has 1 saturated carbocycles. The van der Waals surface area contributed by atoms with E-state index in [1.165, 1.54) is 12.8 Å². The summed E-state index contributed by atoms with van der Waals surface area (Å²) in [5.41, 5.74) is 11.7. The highest BCUT2D eigenvalue weighted by molar-refractivity contribution is 5.92. The first-order valence-electron chi connectivity index (χ1n) is 13.9. The van der Waals surface area contributed by atoms with E-state index in [2.05, 4.69) is 46.6 Å². The van der Waals surface area contributed by atoms with Crippen LogP contribution in [0.2, 0.25) is 0 Å². The van der Waals surface area contributed by atoms with Gasteiger partial charge in [-0.15, -0.1) is 0 Å². The van der Waals surface area contributed by atoms with Crippen LogP contribution < -0.4 is 11.1 Å². The van der Waals surface area contributed by atoms with Crippen LogP contribution in [0.25, 0.3) is 22.4 Å². The van der Waals surface area contributed by atoms with Crippen molar-refractivity contribution in [2.24, 2.45) is 11.7 Å². The van der Waals surface area contributed by atoms with Gasteiger partial charge in [0, 0.05) is 42.2 Å². The summed E-state index contributed by atoms with van der Waals surface area (Å²) in [5, 5.41) is 3.14. The lowest BCUT2D eigenvalue weighted by Gasteiger charge is -2.38. The minimum Gasteiger partial charge on any atom is -0.379 e. The summed E-state index contributed by atoms with van der Waals surface area (Å²) >= 11 is 0. The average Bonchev–Trinajstić information content (AvgIpc) is 2.94. The van der Waals surface area contributed by atoms with Gasteiger partial charge >= 0.3 is 0 Å². The SMILES string of the molecule is CC(C)(N)c1ccc(-c2ncc(NC(=O)CC3CCC(N4CCOCC4)CC3)cc2-c2ccccc2)cc1. The molecule has 0 unspecified atom stereocenters. The van der Waals surface area contributed by atoms with Crippen molar-refractivity contribution in [2.45, 2.75) is 57.5 Å². The van der Waals surface area contributed by atoms with Crippen molar-refractivity contribution in [2.75, 3.05) is 31.6 Å². The number of carbonyl (C=O) groups is 1. The van der Waals surface area contributed by atoms with Crippen molar-refractivity contribution in [3.8, 4) is 22.4 Å². The molecule has 1 aromatic heterocycles.